The molecule has 3 unspecified atom stereocenters. The topological polar surface area (TPSA) is 44.0 Å². The molecular weight excluding hydrogens is 234 g/mol. The number of rotatable bonds is 2. The lowest BCUT2D eigenvalue weighted by Crippen LogP contribution is -2.37. The Hall–Kier alpha value is -1.33. The molecular formula is C17H23NO. The van der Waals surface area contributed by atoms with E-state index in [1.807, 2.05) is 19.1 Å². The van der Waals surface area contributed by atoms with Crippen molar-refractivity contribution < 1.29 is 5.11 Å². The Bertz CT molecular complexity index is 459. The Morgan fingerprint density at radius 2 is 1.63 bits per heavy atom. The van der Waals surface area contributed by atoms with E-state index in [9.17, 15) is 5.11 Å². The molecule has 102 valence electrons. The Balaban J connectivity index is 2.22. The van der Waals surface area contributed by atoms with Crippen molar-refractivity contribution in [2.24, 2.45) is 17.8 Å². The smallest absolute Gasteiger partial charge is 0.0991 e. The van der Waals surface area contributed by atoms with Gasteiger partial charge in [0.05, 0.1) is 17.2 Å². The molecule has 1 aromatic rings. The van der Waals surface area contributed by atoms with E-state index in [1.54, 1.807) is 12.1 Å². The monoisotopic (exact) mass is 257 g/mol. The summed E-state index contributed by atoms with van der Waals surface area (Å²) in [6.45, 7) is 6.47. The van der Waals surface area contributed by atoms with Gasteiger partial charge in [-0.15, -0.1) is 0 Å². The summed E-state index contributed by atoms with van der Waals surface area (Å²) in [5.74, 6) is 1.66. The molecule has 1 aliphatic rings. The van der Waals surface area contributed by atoms with Crippen LogP contribution < -0.4 is 0 Å². The maximum absolute atomic E-state index is 10.9. The van der Waals surface area contributed by atoms with Crippen molar-refractivity contribution in [1.82, 2.24) is 0 Å². The summed E-state index contributed by atoms with van der Waals surface area (Å²) >= 11 is 0. The van der Waals surface area contributed by atoms with Gasteiger partial charge in [0.2, 0.25) is 0 Å². The largest absolute Gasteiger partial charge is 0.385 e. The number of hydrogen-bond acceptors (Lipinski definition) is 2. The zero-order chi connectivity index (χ0) is 14.0. The molecule has 19 heavy (non-hydrogen) atoms. The second-order valence-corrected chi connectivity index (χ2v) is 6.45. The summed E-state index contributed by atoms with van der Waals surface area (Å²) in [4.78, 5) is 0. The summed E-state index contributed by atoms with van der Waals surface area (Å²) in [5.41, 5.74) is 0.777. The minimum Gasteiger partial charge on any atom is -0.385 e. The lowest BCUT2D eigenvalue weighted by molar-refractivity contribution is -0.0387. The van der Waals surface area contributed by atoms with Crippen molar-refractivity contribution in [1.29, 1.82) is 5.26 Å². The van der Waals surface area contributed by atoms with Crippen LogP contribution in [0.15, 0.2) is 24.3 Å². The molecule has 0 heterocycles. The molecule has 0 spiro atoms. The van der Waals surface area contributed by atoms with Gasteiger partial charge in [-0.3, -0.25) is 0 Å². The average molecular weight is 257 g/mol. The highest BCUT2D eigenvalue weighted by Crippen LogP contribution is 2.43. The summed E-state index contributed by atoms with van der Waals surface area (Å²) in [6, 6.07) is 9.48. The highest BCUT2D eigenvalue weighted by molar-refractivity contribution is 5.34. The SMILES string of the molecule is CC1CC(C)CC(C(C)(O)c2ccc(C#N)cc2)C1. The molecule has 1 aliphatic carbocycles. The van der Waals surface area contributed by atoms with Gasteiger partial charge in [-0.2, -0.15) is 5.26 Å². The summed E-state index contributed by atoms with van der Waals surface area (Å²) in [6.07, 6.45) is 3.43. The van der Waals surface area contributed by atoms with E-state index >= 15 is 0 Å². The summed E-state index contributed by atoms with van der Waals surface area (Å²) in [7, 11) is 0. The molecule has 0 saturated heterocycles. The third kappa shape index (κ3) is 2.98. The molecule has 0 amide bonds. The molecule has 0 radical (unpaired) electrons. The second-order valence-electron chi connectivity index (χ2n) is 6.45. The second kappa shape index (κ2) is 5.35. The van der Waals surface area contributed by atoms with Crippen LogP contribution in [-0.2, 0) is 5.60 Å². The highest BCUT2D eigenvalue weighted by Gasteiger charge is 2.38. The molecule has 2 heteroatoms. The van der Waals surface area contributed by atoms with E-state index in [0.29, 0.717) is 23.3 Å². The van der Waals surface area contributed by atoms with Crippen LogP contribution in [0, 0.1) is 29.1 Å². The normalized spacial score (nSPS) is 30.4. The molecule has 0 aliphatic heterocycles. The average Bonchev–Trinajstić information content (AvgIpc) is 2.37. The number of benzene rings is 1. The number of aliphatic hydroxyl groups is 1. The highest BCUT2D eigenvalue weighted by atomic mass is 16.3. The Labute approximate surface area is 116 Å². The molecule has 1 N–H and O–H groups in total. The van der Waals surface area contributed by atoms with Gasteiger partial charge in [-0.1, -0.05) is 26.0 Å². The minimum atomic E-state index is -0.795. The van der Waals surface area contributed by atoms with Gasteiger partial charge < -0.3 is 5.11 Å². The van der Waals surface area contributed by atoms with Gasteiger partial charge in [0.1, 0.15) is 0 Å². The molecule has 0 aromatic heterocycles. The molecule has 1 saturated carbocycles. The number of nitriles is 1. The molecule has 1 aromatic carbocycles. The van der Waals surface area contributed by atoms with Crippen molar-refractivity contribution in [3.05, 3.63) is 35.4 Å². The first-order valence-corrected chi connectivity index (χ1v) is 7.16. The van der Waals surface area contributed by atoms with Crippen LogP contribution >= 0.6 is 0 Å². The number of nitrogens with zero attached hydrogens (tertiary/aromatic N) is 1. The Morgan fingerprint density at radius 1 is 1.11 bits per heavy atom. The standard InChI is InChI=1S/C17H23NO/c1-12-8-13(2)10-16(9-12)17(3,19)15-6-4-14(11-18)5-7-15/h4-7,12-13,16,19H,8-10H2,1-3H3. The third-order valence-electron chi connectivity index (χ3n) is 4.57. The van der Waals surface area contributed by atoms with Crippen LogP contribution in [0.1, 0.15) is 51.2 Å². The summed E-state index contributed by atoms with van der Waals surface area (Å²) < 4.78 is 0. The minimum absolute atomic E-state index is 0.305. The van der Waals surface area contributed by atoms with Crippen molar-refractivity contribution in [2.75, 3.05) is 0 Å². The van der Waals surface area contributed by atoms with Gasteiger partial charge >= 0.3 is 0 Å². The lowest BCUT2D eigenvalue weighted by Gasteiger charge is -2.40. The van der Waals surface area contributed by atoms with E-state index in [2.05, 4.69) is 19.9 Å². The molecule has 3 atom stereocenters. The van der Waals surface area contributed by atoms with Gasteiger partial charge in [0.25, 0.3) is 0 Å². The van der Waals surface area contributed by atoms with Crippen LogP contribution in [0.25, 0.3) is 0 Å². The van der Waals surface area contributed by atoms with E-state index in [4.69, 9.17) is 5.26 Å². The Kier molecular flexibility index (Phi) is 3.96. The van der Waals surface area contributed by atoms with E-state index < -0.39 is 5.60 Å². The van der Waals surface area contributed by atoms with Crippen LogP contribution in [0.2, 0.25) is 0 Å². The first-order valence-electron chi connectivity index (χ1n) is 7.16. The zero-order valence-electron chi connectivity index (χ0n) is 12.1. The maximum atomic E-state index is 10.9. The van der Waals surface area contributed by atoms with Crippen LogP contribution in [0.3, 0.4) is 0 Å². The van der Waals surface area contributed by atoms with Gasteiger partial charge in [0.15, 0.2) is 0 Å². The van der Waals surface area contributed by atoms with Gasteiger partial charge in [-0.05, 0) is 61.6 Å². The fourth-order valence-corrected chi connectivity index (χ4v) is 3.52. The quantitative estimate of drug-likeness (QED) is 0.874. The summed E-state index contributed by atoms with van der Waals surface area (Å²) in [5, 5.41) is 19.8. The zero-order valence-corrected chi connectivity index (χ0v) is 12.1. The van der Waals surface area contributed by atoms with Crippen molar-refractivity contribution in [3.63, 3.8) is 0 Å². The van der Waals surface area contributed by atoms with Gasteiger partial charge in [-0.25, -0.2) is 0 Å². The fraction of sp³-hybridized carbons (Fsp3) is 0.588. The first kappa shape index (κ1) is 14.1. The van der Waals surface area contributed by atoms with Crippen molar-refractivity contribution >= 4 is 0 Å². The third-order valence-corrected chi connectivity index (χ3v) is 4.57. The van der Waals surface area contributed by atoms with Crippen molar-refractivity contribution in [3.8, 4) is 6.07 Å². The maximum Gasteiger partial charge on any atom is 0.0991 e. The fourth-order valence-electron chi connectivity index (χ4n) is 3.52. The lowest BCUT2D eigenvalue weighted by atomic mass is 9.68. The first-order chi connectivity index (χ1) is 8.93. The number of hydrogen-bond donors (Lipinski definition) is 1. The van der Waals surface area contributed by atoms with E-state index in [0.717, 1.165) is 18.4 Å². The predicted octanol–water partition coefficient (Wildman–Crippen LogP) is 3.84. The van der Waals surface area contributed by atoms with E-state index in [1.165, 1.54) is 6.42 Å². The molecule has 0 bridgehead atoms. The molecule has 2 rings (SSSR count). The predicted molar refractivity (Wildman–Crippen MR) is 76.4 cm³/mol. The van der Waals surface area contributed by atoms with Crippen LogP contribution in [0.4, 0.5) is 0 Å². The van der Waals surface area contributed by atoms with Crippen molar-refractivity contribution in [2.45, 2.75) is 45.6 Å². The van der Waals surface area contributed by atoms with Crippen LogP contribution in [-0.4, -0.2) is 5.11 Å². The van der Waals surface area contributed by atoms with Gasteiger partial charge in [0, 0.05) is 0 Å². The molecule has 1 fully saturated rings. The Morgan fingerprint density at radius 3 is 2.11 bits per heavy atom. The van der Waals surface area contributed by atoms with Crippen LogP contribution in [0.5, 0.6) is 0 Å². The van der Waals surface area contributed by atoms with E-state index in [-0.39, 0.29) is 0 Å². The molecule has 2 nitrogen and oxygen atoms in total.